The van der Waals surface area contributed by atoms with Crippen molar-refractivity contribution >= 4 is 65.6 Å². The molecule has 2 aliphatic carbocycles. The van der Waals surface area contributed by atoms with Gasteiger partial charge in [0.25, 0.3) is 0 Å². The largest absolute Gasteiger partial charge is 0.313 e. The topological polar surface area (TPSA) is 12.0 Å². The SMILES string of the molecule is CCNC(CC1C=Cc2c(Br)ccc3cccc1c23)C1C=Cc2c(Br)ccc3cccc1c23. The van der Waals surface area contributed by atoms with Crippen LogP contribution in [0.1, 0.15) is 47.4 Å². The molecular weight excluding hydrogens is 534 g/mol. The number of allylic oxidation sites excluding steroid dienone is 1. The van der Waals surface area contributed by atoms with Gasteiger partial charge >= 0.3 is 0 Å². The fraction of sp³-hybridized carbons (Fsp3) is 0.200. The van der Waals surface area contributed by atoms with E-state index in [4.69, 9.17) is 0 Å². The molecule has 0 bridgehead atoms. The molecule has 1 N–H and O–H groups in total. The van der Waals surface area contributed by atoms with Crippen LogP contribution in [0, 0.1) is 0 Å². The third kappa shape index (κ3) is 3.53. The standard InChI is InChI=1S/C30H25Br2N/c1-2-33-28(22-13-14-25-27(32)16-11-19-6-4-8-23(22)30(19)25)17-20-9-12-24-26(31)15-10-18-5-3-7-21(20)29(18)24/h3-16,20,22,28,33H,2,17H2,1H3. The van der Waals surface area contributed by atoms with Crippen LogP contribution in [0.4, 0.5) is 0 Å². The first kappa shape index (κ1) is 21.3. The maximum absolute atomic E-state index is 3.85. The summed E-state index contributed by atoms with van der Waals surface area (Å²) in [5.41, 5.74) is 5.48. The molecule has 0 heterocycles. The number of rotatable bonds is 5. The van der Waals surface area contributed by atoms with E-state index >= 15 is 0 Å². The molecule has 164 valence electrons. The molecular formula is C30H25Br2N. The highest BCUT2D eigenvalue weighted by molar-refractivity contribution is 9.10. The minimum Gasteiger partial charge on any atom is -0.313 e. The maximum Gasteiger partial charge on any atom is 0.0254 e. The Morgan fingerprint density at radius 1 is 0.758 bits per heavy atom. The molecule has 4 aromatic rings. The third-order valence-corrected chi connectivity index (χ3v) is 8.64. The van der Waals surface area contributed by atoms with Gasteiger partial charge in [0.1, 0.15) is 0 Å². The molecule has 0 aromatic heterocycles. The lowest BCUT2D eigenvalue weighted by atomic mass is 9.76. The van der Waals surface area contributed by atoms with Crippen molar-refractivity contribution in [2.45, 2.75) is 31.2 Å². The second kappa shape index (κ2) is 8.54. The number of hydrogen-bond acceptors (Lipinski definition) is 1. The van der Waals surface area contributed by atoms with E-state index in [1.807, 2.05) is 0 Å². The molecule has 0 fully saturated rings. The lowest BCUT2D eigenvalue weighted by molar-refractivity contribution is 0.442. The summed E-state index contributed by atoms with van der Waals surface area (Å²) in [6.45, 7) is 3.17. The number of benzene rings is 4. The van der Waals surface area contributed by atoms with Crippen molar-refractivity contribution in [2.75, 3.05) is 6.54 Å². The summed E-state index contributed by atoms with van der Waals surface area (Å²) >= 11 is 7.54. The van der Waals surface area contributed by atoms with Crippen molar-refractivity contribution in [1.82, 2.24) is 5.32 Å². The lowest BCUT2D eigenvalue weighted by Crippen LogP contribution is -2.36. The monoisotopic (exact) mass is 557 g/mol. The summed E-state index contributed by atoms with van der Waals surface area (Å²) in [7, 11) is 0. The van der Waals surface area contributed by atoms with Crippen molar-refractivity contribution < 1.29 is 0 Å². The summed E-state index contributed by atoms with van der Waals surface area (Å²) in [6.07, 6.45) is 10.5. The molecule has 1 nitrogen and oxygen atoms in total. The molecule has 0 saturated carbocycles. The van der Waals surface area contributed by atoms with Crippen molar-refractivity contribution in [3.63, 3.8) is 0 Å². The summed E-state index contributed by atoms with van der Waals surface area (Å²) < 4.78 is 2.34. The summed E-state index contributed by atoms with van der Waals surface area (Å²) in [5.74, 6) is 0.725. The van der Waals surface area contributed by atoms with Crippen molar-refractivity contribution in [3.05, 3.63) is 104 Å². The van der Waals surface area contributed by atoms with Crippen LogP contribution in [-0.4, -0.2) is 12.6 Å². The molecule has 0 spiro atoms. The average Bonchev–Trinajstić information content (AvgIpc) is 2.84. The van der Waals surface area contributed by atoms with E-state index in [-0.39, 0.29) is 0 Å². The summed E-state index contributed by atoms with van der Waals surface area (Å²) in [6, 6.07) is 22.6. The van der Waals surface area contributed by atoms with Gasteiger partial charge < -0.3 is 5.32 Å². The van der Waals surface area contributed by atoms with Gasteiger partial charge in [-0.2, -0.15) is 0 Å². The summed E-state index contributed by atoms with van der Waals surface area (Å²) in [5, 5.41) is 9.27. The van der Waals surface area contributed by atoms with Crippen molar-refractivity contribution in [1.29, 1.82) is 0 Å². The van der Waals surface area contributed by atoms with E-state index in [9.17, 15) is 0 Å². The van der Waals surface area contributed by atoms with E-state index in [2.05, 4.69) is 129 Å². The Morgan fingerprint density at radius 3 is 2.03 bits per heavy atom. The van der Waals surface area contributed by atoms with Crippen LogP contribution in [0.25, 0.3) is 33.7 Å². The van der Waals surface area contributed by atoms with E-state index < -0.39 is 0 Å². The normalized spacial score (nSPS) is 19.4. The number of halogens is 2. The zero-order chi connectivity index (χ0) is 22.5. The average molecular weight is 559 g/mol. The first-order valence-corrected chi connectivity index (χ1v) is 13.3. The molecule has 3 heteroatoms. The quantitative estimate of drug-likeness (QED) is 0.258. The highest BCUT2D eigenvalue weighted by Crippen LogP contribution is 2.44. The smallest absolute Gasteiger partial charge is 0.0254 e. The van der Waals surface area contributed by atoms with Crippen LogP contribution >= 0.6 is 31.9 Å². The van der Waals surface area contributed by atoms with Crippen molar-refractivity contribution in [2.24, 2.45) is 0 Å². The zero-order valence-electron chi connectivity index (χ0n) is 18.5. The van der Waals surface area contributed by atoms with Crippen LogP contribution in [0.5, 0.6) is 0 Å². The fourth-order valence-electron chi connectivity index (χ4n) is 5.80. The molecule has 3 atom stereocenters. The Labute approximate surface area is 211 Å². The number of likely N-dealkylation sites (N-methyl/N-ethyl adjacent to an activating group) is 1. The molecule has 4 aromatic carbocycles. The van der Waals surface area contributed by atoms with Crippen LogP contribution in [0.2, 0.25) is 0 Å². The fourth-order valence-corrected chi connectivity index (χ4v) is 6.73. The van der Waals surface area contributed by atoms with Crippen molar-refractivity contribution in [3.8, 4) is 0 Å². The highest BCUT2D eigenvalue weighted by atomic mass is 79.9. The summed E-state index contributed by atoms with van der Waals surface area (Å²) in [4.78, 5) is 0. The molecule has 33 heavy (non-hydrogen) atoms. The predicted octanol–water partition coefficient (Wildman–Crippen LogP) is 8.81. The van der Waals surface area contributed by atoms with Crippen LogP contribution in [-0.2, 0) is 0 Å². The molecule has 0 radical (unpaired) electrons. The van der Waals surface area contributed by atoms with Gasteiger partial charge in [-0.25, -0.2) is 0 Å². The molecule has 3 unspecified atom stereocenters. The molecule has 6 rings (SSSR count). The second-order valence-corrected chi connectivity index (χ2v) is 10.8. The first-order valence-electron chi connectivity index (χ1n) is 11.7. The molecule has 0 amide bonds. The van der Waals surface area contributed by atoms with Gasteiger partial charge in [0.15, 0.2) is 0 Å². The Balaban J connectivity index is 1.42. The second-order valence-electron chi connectivity index (χ2n) is 9.06. The van der Waals surface area contributed by atoms with Gasteiger partial charge in [-0.3, -0.25) is 0 Å². The van der Waals surface area contributed by atoms with Crippen LogP contribution < -0.4 is 5.32 Å². The highest BCUT2D eigenvalue weighted by Gasteiger charge is 2.29. The van der Waals surface area contributed by atoms with Gasteiger partial charge in [0, 0.05) is 26.8 Å². The van der Waals surface area contributed by atoms with Gasteiger partial charge in [0.2, 0.25) is 0 Å². The minimum atomic E-state index is 0.340. The van der Waals surface area contributed by atoms with Crippen LogP contribution in [0.3, 0.4) is 0 Å². The zero-order valence-corrected chi connectivity index (χ0v) is 21.7. The minimum absolute atomic E-state index is 0.340. The van der Waals surface area contributed by atoms with E-state index in [1.165, 1.54) is 52.7 Å². The number of nitrogens with one attached hydrogen (secondary N) is 1. The van der Waals surface area contributed by atoms with Gasteiger partial charge in [-0.05, 0) is 68.9 Å². The molecule has 0 aliphatic heterocycles. The maximum atomic E-state index is 3.85. The first-order chi connectivity index (χ1) is 16.2. The Bertz CT molecular complexity index is 1450. The van der Waals surface area contributed by atoms with Crippen LogP contribution in [0.15, 0.2) is 81.8 Å². The Kier molecular flexibility index (Phi) is 5.52. The van der Waals surface area contributed by atoms with E-state index in [0.29, 0.717) is 17.9 Å². The molecule has 2 aliphatic rings. The van der Waals surface area contributed by atoms with E-state index in [0.717, 1.165) is 13.0 Å². The van der Waals surface area contributed by atoms with Gasteiger partial charge in [-0.15, -0.1) is 0 Å². The van der Waals surface area contributed by atoms with Gasteiger partial charge in [-0.1, -0.05) is 112 Å². The number of hydrogen-bond donors (Lipinski definition) is 1. The van der Waals surface area contributed by atoms with E-state index in [1.54, 1.807) is 0 Å². The lowest BCUT2D eigenvalue weighted by Gasteiger charge is -2.33. The predicted molar refractivity (Wildman–Crippen MR) is 149 cm³/mol. The molecule has 0 saturated heterocycles. The Hall–Kier alpha value is -2.20. The van der Waals surface area contributed by atoms with Gasteiger partial charge in [0.05, 0.1) is 0 Å². The Morgan fingerprint density at radius 2 is 1.36 bits per heavy atom. The third-order valence-electron chi connectivity index (χ3n) is 7.26.